The standard InChI is InChI=1S/C43H28N2/c1-2-14-34(15-3-1)45-40-21-11-10-20-39(40)44-43(45)31-25-23-30(24-26-31)41-35-16-6-8-18-37(35)42(38-19-9-7-17-36(38)41)33-27-22-29-12-4-5-13-32(29)28-33/h1-28H/i1D,2D,3D,6D,7D,8D,9D,14D,15D,16D,17D,18D,19D. The number of hydrogen-bond donors (Lipinski definition) is 0. The summed E-state index contributed by atoms with van der Waals surface area (Å²) in [6.07, 6.45) is 0. The van der Waals surface area contributed by atoms with Crippen LogP contribution in [0.2, 0.25) is 0 Å². The fourth-order valence-corrected chi connectivity index (χ4v) is 6.13. The van der Waals surface area contributed by atoms with Crippen molar-refractivity contribution in [1.82, 2.24) is 9.55 Å². The summed E-state index contributed by atoms with van der Waals surface area (Å²) in [5.74, 6) is 0.261. The van der Waals surface area contributed by atoms with Crippen LogP contribution in [0, 0.1) is 0 Å². The van der Waals surface area contributed by atoms with Gasteiger partial charge < -0.3 is 0 Å². The molecule has 210 valence electrons. The maximum atomic E-state index is 9.28. The van der Waals surface area contributed by atoms with Crippen LogP contribution in [0.5, 0.6) is 0 Å². The van der Waals surface area contributed by atoms with E-state index >= 15 is 0 Å². The van der Waals surface area contributed by atoms with Gasteiger partial charge in [0.05, 0.1) is 28.9 Å². The molecule has 0 spiro atoms. The first-order chi connectivity index (χ1) is 27.7. The van der Waals surface area contributed by atoms with E-state index in [1.807, 2.05) is 36.4 Å². The Kier molecular flexibility index (Phi) is 3.59. The highest BCUT2D eigenvalue weighted by Crippen LogP contribution is 2.44. The topological polar surface area (TPSA) is 17.8 Å². The summed E-state index contributed by atoms with van der Waals surface area (Å²) in [6.45, 7) is 0. The third-order valence-corrected chi connectivity index (χ3v) is 8.12. The zero-order valence-corrected chi connectivity index (χ0v) is 23.6. The van der Waals surface area contributed by atoms with Gasteiger partial charge in [0.2, 0.25) is 0 Å². The summed E-state index contributed by atoms with van der Waals surface area (Å²) in [6, 6.07) is 20.9. The quantitative estimate of drug-likeness (QED) is 0.188. The Morgan fingerprint density at radius 2 is 1.00 bits per heavy atom. The predicted octanol–water partition coefficient (Wildman–Crippen LogP) is 11.5. The van der Waals surface area contributed by atoms with Crippen LogP contribution in [0.15, 0.2) is 170 Å². The van der Waals surface area contributed by atoms with Gasteiger partial charge in [0, 0.05) is 11.3 Å². The molecule has 2 nitrogen and oxygen atoms in total. The number of rotatable bonds is 4. The minimum absolute atomic E-state index is 0.0748. The first-order valence-corrected chi connectivity index (χ1v) is 14.3. The van der Waals surface area contributed by atoms with E-state index in [2.05, 4.69) is 0 Å². The molecule has 0 aliphatic rings. The van der Waals surface area contributed by atoms with E-state index in [0.29, 0.717) is 27.7 Å². The number of aromatic nitrogens is 2. The summed E-state index contributed by atoms with van der Waals surface area (Å²) in [4.78, 5) is 4.81. The fourth-order valence-electron chi connectivity index (χ4n) is 6.13. The van der Waals surface area contributed by atoms with Crippen molar-refractivity contribution in [2.45, 2.75) is 0 Å². The van der Waals surface area contributed by atoms with E-state index in [1.54, 1.807) is 54.6 Å². The van der Waals surface area contributed by atoms with Gasteiger partial charge in [-0.15, -0.1) is 0 Å². The SMILES string of the molecule is [2H]c1c([2H])c([2H])c(-n2c(-c3ccc(-c4c5c([2H])c([2H])c([2H])c([2H])c5c(-c5ccc6ccccc6c5)c5c([2H])c([2H])c([2H])c([2H])c45)cc3)nc3ccccc32)c([2H])c1[2H]. The maximum absolute atomic E-state index is 9.28. The van der Waals surface area contributed by atoms with Crippen molar-refractivity contribution in [2.24, 2.45) is 0 Å². The molecule has 0 bridgehead atoms. The zero-order chi connectivity index (χ0) is 41.1. The lowest BCUT2D eigenvalue weighted by molar-refractivity contribution is 1.10. The molecule has 2 heteroatoms. The van der Waals surface area contributed by atoms with Crippen LogP contribution in [0.1, 0.15) is 17.8 Å². The number of nitrogens with zero attached hydrogens (tertiary/aromatic N) is 2. The Hall–Kier alpha value is -5.99. The number of benzene rings is 8. The van der Waals surface area contributed by atoms with Gasteiger partial charge >= 0.3 is 0 Å². The summed E-state index contributed by atoms with van der Waals surface area (Å²) < 4.78 is 116. The highest BCUT2D eigenvalue weighted by Gasteiger charge is 2.18. The molecule has 1 aromatic heterocycles. The summed E-state index contributed by atoms with van der Waals surface area (Å²) in [5.41, 5.74) is 2.70. The first-order valence-electron chi connectivity index (χ1n) is 20.8. The largest absolute Gasteiger partial charge is 0.292 e. The van der Waals surface area contributed by atoms with Gasteiger partial charge in [-0.1, -0.05) is 139 Å². The van der Waals surface area contributed by atoms with Crippen molar-refractivity contribution in [3.63, 3.8) is 0 Å². The van der Waals surface area contributed by atoms with E-state index < -0.39 is 54.4 Å². The van der Waals surface area contributed by atoms with Crippen molar-refractivity contribution in [3.8, 4) is 39.3 Å². The van der Waals surface area contributed by atoms with Crippen molar-refractivity contribution in [1.29, 1.82) is 0 Å². The minimum Gasteiger partial charge on any atom is -0.292 e. The lowest BCUT2D eigenvalue weighted by Crippen LogP contribution is -1.97. The molecular weight excluding hydrogens is 544 g/mol. The van der Waals surface area contributed by atoms with Gasteiger partial charge in [0.15, 0.2) is 0 Å². The van der Waals surface area contributed by atoms with E-state index in [1.165, 1.54) is 4.57 Å². The van der Waals surface area contributed by atoms with Gasteiger partial charge in [-0.25, -0.2) is 4.98 Å². The molecule has 0 aliphatic heterocycles. The molecule has 9 rings (SSSR count). The van der Waals surface area contributed by atoms with Gasteiger partial charge in [0.1, 0.15) is 5.82 Å². The number of fused-ring (bicyclic) bond motifs is 4. The first kappa shape index (κ1) is 15.7. The molecule has 45 heavy (non-hydrogen) atoms. The van der Waals surface area contributed by atoms with Gasteiger partial charge in [-0.2, -0.15) is 0 Å². The van der Waals surface area contributed by atoms with Crippen LogP contribution in [-0.2, 0) is 0 Å². The summed E-state index contributed by atoms with van der Waals surface area (Å²) in [7, 11) is 0. The molecule has 0 radical (unpaired) electrons. The Morgan fingerprint density at radius 3 is 1.69 bits per heavy atom. The average molecular weight is 586 g/mol. The van der Waals surface area contributed by atoms with E-state index in [0.717, 1.165) is 10.8 Å². The molecule has 0 unspecified atom stereocenters. The molecular formula is C43H28N2. The van der Waals surface area contributed by atoms with Crippen LogP contribution in [0.25, 0.3) is 82.7 Å². The molecule has 1 heterocycles. The fraction of sp³-hybridized carbons (Fsp3) is 0. The average Bonchev–Trinajstić information content (AvgIpc) is 3.62. The molecule has 0 saturated carbocycles. The third-order valence-electron chi connectivity index (χ3n) is 8.12. The number of imidazole rings is 1. The third kappa shape index (κ3) is 4.15. The lowest BCUT2D eigenvalue weighted by atomic mass is 9.85. The normalized spacial score (nSPS) is 15.6. The molecule has 0 N–H and O–H groups in total. The number of para-hydroxylation sites is 3. The monoisotopic (exact) mass is 585 g/mol. The maximum Gasteiger partial charge on any atom is 0.145 e. The van der Waals surface area contributed by atoms with Crippen LogP contribution in [-0.4, -0.2) is 9.55 Å². The van der Waals surface area contributed by atoms with Crippen LogP contribution < -0.4 is 0 Å². The van der Waals surface area contributed by atoms with Gasteiger partial charge in [-0.05, 0) is 84.9 Å². The van der Waals surface area contributed by atoms with Crippen LogP contribution >= 0.6 is 0 Å². The second kappa shape index (κ2) is 10.3. The summed E-state index contributed by atoms with van der Waals surface area (Å²) in [5, 5.41) is 2.09. The second-order valence-corrected chi connectivity index (χ2v) is 10.6. The molecule has 9 aromatic rings. The number of hydrogen-bond acceptors (Lipinski definition) is 1. The van der Waals surface area contributed by atoms with Crippen molar-refractivity contribution >= 4 is 43.4 Å². The predicted molar refractivity (Wildman–Crippen MR) is 190 cm³/mol. The Labute approximate surface area is 279 Å². The van der Waals surface area contributed by atoms with Crippen LogP contribution in [0.4, 0.5) is 0 Å². The molecule has 0 saturated heterocycles. The van der Waals surface area contributed by atoms with Crippen molar-refractivity contribution < 1.29 is 17.8 Å². The van der Waals surface area contributed by atoms with Gasteiger partial charge in [0.25, 0.3) is 0 Å². The highest BCUT2D eigenvalue weighted by atomic mass is 15.1. The Bertz CT molecular complexity index is 3160. The molecule has 0 aliphatic carbocycles. The Balaban J connectivity index is 1.38. The molecule has 0 fully saturated rings. The molecule has 0 atom stereocenters. The second-order valence-electron chi connectivity index (χ2n) is 10.6. The van der Waals surface area contributed by atoms with Gasteiger partial charge in [-0.3, -0.25) is 4.57 Å². The zero-order valence-electron chi connectivity index (χ0n) is 36.6. The smallest absolute Gasteiger partial charge is 0.145 e. The van der Waals surface area contributed by atoms with Crippen LogP contribution in [0.3, 0.4) is 0 Å². The highest BCUT2D eigenvalue weighted by molar-refractivity contribution is 6.21. The van der Waals surface area contributed by atoms with E-state index in [9.17, 15) is 5.48 Å². The van der Waals surface area contributed by atoms with E-state index in [-0.39, 0.29) is 68.4 Å². The lowest BCUT2D eigenvalue weighted by Gasteiger charge is -2.18. The van der Waals surface area contributed by atoms with Crippen molar-refractivity contribution in [2.75, 3.05) is 0 Å². The Morgan fingerprint density at radius 1 is 0.467 bits per heavy atom. The minimum atomic E-state index is -0.531. The summed E-state index contributed by atoms with van der Waals surface area (Å²) >= 11 is 0. The van der Waals surface area contributed by atoms with Crippen molar-refractivity contribution in [3.05, 3.63) is 170 Å². The van der Waals surface area contributed by atoms with E-state index in [4.69, 9.17) is 17.3 Å². The molecule has 0 amide bonds. The molecule has 8 aromatic carbocycles.